The van der Waals surface area contributed by atoms with Crippen molar-refractivity contribution in [2.75, 3.05) is 12.0 Å². The standard InChI is InChI=1S/C25H17ClN2O5/c1-33-19-11-10-13(26)12-18(19)27-23(29)21-20-14-6-2-4-8-16(14)25(28(31)32,22(21)24(27)30)17-9-5-3-7-15(17)20/h2-12,20-22H,1H3/t20?,21-,22-,25?/m0/s1. The molecular weight excluding hydrogens is 444 g/mol. The summed E-state index contributed by atoms with van der Waals surface area (Å²) in [5, 5.41) is 13.3. The van der Waals surface area contributed by atoms with Crippen LogP contribution >= 0.6 is 11.6 Å². The minimum atomic E-state index is -1.86. The third kappa shape index (κ3) is 2.25. The Morgan fingerprint density at radius 2 is 1.58 bits per heavy atom. The normalized spacial score (nSPS) is 26.6. The van der Waals surface area contributed by atoms with Crippen LogP contribution in [0.5, 0.6) is 5.75 Å². The molecule has 3 aromatic rings. The van der Waals surface area contributed by atoms with E-state index in [0.29, 0.717) is 16.1 Å². The highest BCUT2D eigenvalue weighted by Gasteiger charge is 2.75. The minimum Gasteiger partial charge on any atom is -0.495 e. The van der Waals surface area contributed by atoms with Gasteiger partial charge in [0.05, 0.1) is 18.7 Å². The Morgan fingerprint density at radius 3 is 2.15 bits per heavy atom. The Labute approximate surface area is 193 Å². The summed E-state index contributed by atoms with van der Waals surface area (Å²) < 4.78 is 5.39. The van der Waals surface area contributed by atoms with E-state index in [1.165, 1.54) is 13.2 Å². The van der Waals surface area contributed by atoms with Crippen LogP contribution in [0.4, 0.5) is 5.69 Å². The van der Waals surface area contributed by atoms with E-state index in [0.717, 1.165) is 16.0 Å². The average molecular weight is 461 g/mol. The van der Waals surface area contributed by atoms with E-state index in [-0.39, 0.29) is 16.4 Å². The lowest BCUT2D eigenvalue weighted by Gasteiger charge is -2.48. The molecule has 0 N–H and O–H groups in total. The fourth-order valence-corrected chi connectivity index (χ4v) is 6.28. The Bertz CT molecular complexity index is 1340. The molecule has 2 atom stereocenters. The highest BCUT2D eigenvalue weighted by molar-refractivity contribution is 6.31. The maximum Gasteiger partial charge on any atom is 0.285 e. The van der Waals surface area contributed by atoms with Gasteiger partial charge in [-0.3, -0.25) is 19.7 Å². The Balaban J connectivity index is 1.67. The van der Waals surface area contributed by atoms with Crippen LogP contribution in [0.25, 0.3) is 0 Å². The van der Waals surface area contributed by atoms with Gasteiger partial charge in [-0.1, -0.05) is 60.1 Å². The summed E-state index contributed by atoms with van der Waals surface area (Å²) >= 11 is 6.18. The Hall–Kier alpha value is -3.71. The predicted octanol–water partition coefficient (Wildman–Crippen LogP) is 4.13. The lowest BCUT2D eigenvalue weighted by atomic mass is 9.51. The lowest BCUT2D eigenvalue weighted by molar-refractivity contribution is -0.578. The summed E-state index contributed by atoms with van der Waals surface area (Å²) in [6.45, 7) is 0. The largest absolute Gasteiger partial charge is 0.495 e. The summed E-state index contributed by atoms with van der Waals surface area (Å²) in [6, 6.07) is 18.8. The number of hydrogen-bond acceptors (Lipinski definition) is 5. The first-order chi connectivity index (χ1) is 15.9. The number of nitro groups is 1. The monoisotopic (exact) mass is 460 g/mol. The Morgan fingerprint density at radius 1 is 0.970 bits per heavy atom. The highest BCUT2D eigenvalue weighted by Crippen LogP contribution is 2.64. The van der Waals surface area contributed by atoms with Gasteiger partial charge in [0, 0.05) is 27.0 Å². The van der Waals surface area contributed by atoms with Crippen LogP contribution in [0.15, 0.2) is 66.7 Å². The van der Waals surface area contributed by atoms with Gasteiger partial charge in [0.1, 0.15) is 11.7 Å². The number of anilines is 1. The van der Waals surface area contributed by atoms with E-state index in [2.05, 4.69) is 0 Å². The van der Waals surface area contributed by atoms with E-state index in [9.17, 15) is 19.7 Å². The van der Waals surface area contributed by atoms with Crippen LogP contribution in [0.1, 0.15) is 28.2 Å². The molecule has 4 aliphatic rings. The first-order valence-electron chi connectivity index (χ1n) is 10.5. The van der Waals surface area contributed by atoms with Gasteiger partial charge in [0.2, 0.25) is 11.8 Å². The molecule has 0 spiro atoms. The number of amides is 2. The summed E-state index contributed by atoms with van der Waals surface area (Å²) in [6.07, 6.45) is 0. The molecule has 33 heavy (non-hydrogen) atoms. The fraction of sp³-hybridized carbons (Fsp3) is 0.200. The Kier molecular flexibility index (Phi) is 4.02. The van der Waals surface area contributed by atoms with Gasteiger partial charge in [-0.2, -0.15) is 0 Å². The van der Waals surface area contributed by atoms with E-state index < -0.39 is 35.1 Å². The van der Waals surface area contributed by atoms with Gasteiger partial charge < -0.3 is 4.74 Å². The summed E-state index contributed by atoms with van der Waals surface area (Å²) in [5.74, 6) is -3.36. The van der Waals surface area contributed by atoms with Crippen LogP contribution in [0.2, 0.25) is 5.02 Å². The van der Waals surface area contributed by atoms with Gasteiger partial charge in [-0.05, 0) is 29.3 Å². The quantitative estimate of drug-likeness (QED) is 0.333. The molecule has 3 aliphatic carbocycles. The number of carbonyl (C=O) groups is 2. The van der Waals surface area contributed by atoms with Crippen LogP contribution in [0.3, 0.4) is 0 Å². The third-order valence-corrected chi connectivity index (χ3v) is 7.48. The molecule has 1 heterocycles. The number of halogens is 1. The molecule has 0 aromatic heterocycles. The van der Waals surface area contributed by atoms with Crippen molar-refractivity contribution in [3.63, 3.8) is 0 Å². The van der Waals surface area contributed by atoms with Crippen molar-refractivity contribution in [3.8, 4) is 5.75 Å². The number of imide groups is 1. The fourth-order valence-electron chi connectivity index (χ4n) is 6.12. The third-order valence-electron chi connectivity index (χ3n) is 7.24. The zero-order valence-corrected chi connectivity index (χ0v) is 18.2. The number of methoxy groups -OCH3 is 1. The van der Waals surface area contributed by atoms with Crippen molar-refractivity contribution in [1.29, 1.82) is 0 Å². The first-order valence-corrected chi connectivity index (χ1v) is 10.8. The number of benzene rings is 3. The van der Waals surface area contributed by atoms with E-state index in [4.69, 9.17) is 16.3 Å². The molecule has 7 nitrogen and oxygen atoms in total. The summed E-state index contributed by atoms with van der Waals surface area (Å²) in [5.41, 5.74) is 0.716. The van der Waals surface area contributed by atoms with Crippen LogP contribution in [-0.2, 0) is 15.1 Å². The number of carbonyl (C=O) groups excluding carboxylic acids is 2. The van der Waals surface area contributed by atoms with Crippen molar-refractivity contribution in [2.45, 2.75) is 11.5 Å². The van der Waals surface area contributed by atoms with Crippen molar-refractivity contribution >= 4 is 29.1 Å². The molecule has 3 aromatic carbocycles. The lowest BCUT2D eigenvalue weighted by Crippen LogP contribution is -2.57. The molecule has 0 unspecified atom stereocenters. The maximum atomic E-state index is 14.0. The smallest absolute Gasteiger partial charge is 0.285 e. The van der Waals surface area contributed by atoms with Gasteiger partial charge >= 0.3 is 0 Å². The predicted molar refractivity (Wildman–Crippen MR) is 120 cm³/mol. The molecule has 2 amide bonds. The molecule has 1 fully saturated rings. The van der Waals surface area contributed by atoms with Crippen molar-refractivity contribution in [2.24, 2.45) is 11.8 Å². The van der Waals surface area contributed by atoms with E-state index in [1.54, 1.807) is 36.4 Å². The molecule has 164 valence electrons. The number of nitrogens with zero attached hydrogens (tertiary/aromatic N) is 2. The van der Waals surface area contributed by atoms with Crippen LogP contribution < -0.4 is 9.64 Å². The first kappa shape index (κ1) is 19.9. The second-order valence-electron chi connectivity index (χ2n) is 8.51. The van der Waals surface area contributed by atoms with Gasteiger partial charge in [-0.15, -0.1) is 0 Å². The number of rotatable bonds is 3. The van der Waals surface area contributed by atoms with Crippen LogP contribution in [0, 0.1) is 22.0 Å². The van der Waals surface area contributed by atoms with Gasteiger partial charge in [0.15, 0.2) is 0 Å². The molecule has 0 radical (unpaired) electrons. The van der Waals surface area contributed by atoms with Crippen molar-refractivity contribution in [1.82, 2.24) is 0 Å². The van der Waals surface area contributed by atoms with Crippen molar-refractivity contribution in [3.05, 3.63) is 104 Å². The molecule has 8 heteroatoms. The van der Waals surface area contributed by atoms with Crippen molar-refractivity contribution < 1.29 is 19.2 Å². The molecule has 7 rings (SSSR count). The molecule has 0 saturated carbocycles. The second kappa shape index (κ2) is 6.65. The summed E-state index contributed by atoms with van der Waals surface area (Å²) in [7, 11) is 1.43. The summed E-state index contributed by atoms with van der Waals surface area (Å²) in [4.78, 5) is 41.4. The molecule has 2 bridgehead atoms. The minimum absolute atomic E-state index is 0.195. The SMILES string of the molecule is COc1ccc(Cl)cc1N1C(=O)[C@@H]2[C@@H](C1=O)C1c3ccccc3C2([N+](=O)[O-])c2ccccc21. The number of hydrogen-bond donors (Lipinski definition) is 0. The topological polar surface area (TPSA) is 89.8 Å². The van der Waals surface area contributed by atoms with Gasteiger partial charge in [-0.25, -0.2) is 4.90 Å². The zero-order chi connectivity index (χ0) is 23.1. The molecule has 1 saturated heterocycles. The zero-order valence-electron chi connectivity index (χ0n) is 17.4. The molecule has 1 aliphatic heterocycles. The average Bonchev–Trinajstić information content (AvgIpc) is 3.09. The second-order valence-corrected chi connectivity index (χ2v) is 8.94. The number of ether oxygens (including phenoxy) is 1. The van der Waals surface area contributed by atoms with Gasteiger partial charge in [0.25, 0.3) is 5.54 Å². The van der Waals surface area contributed by atoms with E-state index >= 15 is 0 Å². The molecular formula is C25H17ClN2O5. The highest BCUT2D eigenvalue weighted by atomic mass is 35.5. The van der Waals surface area contributed by atoms with Crippen LogP contribution in [-0.4, -0.2) is 23.8 Å². The van der Waals surface area contributed by atoms with E-state index in [1.807, 2.05) is 24.3 Å². The maximum absolute atomic E-state index is 14.0.